The molecule has 0 unspecified atom stereocenters. The van der Waals surface area contributed by atoms with Gasteiger partial charge in [0.25, 0.3) is 15.9 Å². The topological polar surface area (TPSA) is 107 Å². The molecule has 0 radical (unpaired) electrons. The van der Waals surface area contributed by atoms with Crippen LogP contribution in [-0.4, -0.2) is 40.8 Å². The first kappa shape index (κ1) is 31.7. The lowest BCUT2D eigenvalue weighted by molar-refractivity contribution is -0.119. The smallest absolute Gasteiger partial charge is 0.264 e. The molecule has 0 saturated heterocycles. The van der Waals surface area contributed by atoms with Gasteiger partial charge in [0.1, 0.15) is 18.9 Å². The van der Waals surface area contributed by atoms with E-state index in [1.54, 1.807) is 42.5 Å². The van der Waals surface area contributed by atoms with Crippen LogP contribution >= 0.6 is 23.2 Å². The van der Waals surface area contributed by atoms with Crippen molar-refractivity contribution in [2.75, 3.05) is 24.6 Å². The van der Waals surface area contributed by atoms with Crippen molar-refractivity contribution in [2.45, 2.75) is 18.4 Å². The highest BCUT2D eigenvalue weighted by Crippen LogP contribution is 2.29. The summed E-state index contributed by atoms with van der Waals surface area (Å²) in [6.45, 7) is 2.06. The van der Waals surface area contributed by atoms with E-state index in [1.807, 2.05) is 19.1 Å². The third-order valence-corrected chi connectivity index (χ3v) is 8.32. The lowest BCUT2D eigenvalue weighted by Crippen LogP contribution is -2.39. The van der Waals surface area contributed by atoms with Gasteiger partial charge in [0.15, 0.2) is 11.5 Å². The van der Waals surface area contributed by atoms with Gasteiger partial charge in [0.2, 0.25) is 0 Å². The number of sulfonamides is 1. The minimum atomic E-state index is -4.12. The number of carbonyl (C=O) groups is 1. The lowest BCUT2D eigenvalue weighted by atomic mass is 10.2. The fraction of sp³-hybridized carbons (Fsp3) is 0.161. The van der Waals surface area contributed by atoms with Crippen molar-refractivity contribution in [1.82, 2.24) is 5.43 Å². The molecule has 4 rings (SSSR count). The predicted octanol–water partition coefficient (Wildman–Crippen LogP) is 6.33. The normalized spacial score (nSPS) is 11.3. The summed E-state index contributed by atoms with van der Waals surface area (Å²) in [5.74, 6) is 0.889. The molecule has 43 heavy (non-hydrogen) atoms. The molecule has 0 spiro atoms. The van der Waals surface area contributed by atoms with Crippen molar-refractivity contribution in [3.05, 3.63) is 112 Å². The quantitative estimate of drug-likeness (QED) is 0.135. The molecular formula is C31H29Cl2N3O6S. The van der Waals surface area contributed by atoms with E-state index in [-0.39, 0.29) is 10.6 Å². The number of methoxy groups -OCH3 is 1. The number of hydrazone groups is 1. The molecule has 0 aromatic heterocycles. The first-order chi connectivity index (χ1) is 20.7. The molecule has 224 valence electrons. The van der Waals surface area contributed by atoms with E-state index in [4.69, 9.17) is 37.4 Å². The Kier molecular flexibility index (Phi) is 10.9. The number of hydrogen-bond acceptors (Lipinski definition) is 7. The second kappa shape index (κ2) is 14.8. The summed E-state index contributed by atoms with van der Waals surface area (Å²) >= 11 is 12.0. The average molecular weight is 643 g/mol. The second-order valence-corrected chi connectivity index (χ2v) is 11.7. The average Bonchev–Trinajstić information content (AvgIpc) is 3.01. The molecule has 4 aromatic rings. The maximum Gasteiger partial charge on any atom is 0.264 e. The monoisotopic (exact) mass is 641 g/mol. The number of amides is 1. The SMILES string of the molecule is CCOc1cc(/C=N\NC(=O)CN(c2ccc(Cl)cc2)S(=O)(=O)c2ccc(OC)cc2)ccc1OCc1ccc(Cl)cc1. The Morgan fingerprint density at radius 1 is 0.884 bits per heavy atom. The van der Waals surface area contributed by atoms with E-state index >= 15 is 0 Å². The fourth-order valence-corrected chi connectivity index (χ4v) is 5.55. The highest BCUT2D eigenvalue weighted by atomic mass is 35.5. The molecule has 0 aliphatic heterocycles. The number of nitrogens with one attached hydrogen (secondary N) is 1. The summed E-state index contributed by atoms with van der Waals surface area (Å²) in [4.78, 5) is 12.9. The van der Waals surface area contributed by atoms with Crippen molar-refractivity contribution in [2.24, 2.45) is 5.10 Å². The van der Waals surface area contributed by atoms with Gasteiger partial charge in [0, 0.05) is 10.0 Å². The molecule has 9 nitrogen and oxygen atoms in total. The van der Waals surface area contributed by atoms with Gasteiger partial charge in [-0.2, -0.15) is 5.10 Å². The molecule has 0 heterocycles. The van der Waals surface area contributed by atoms with E-state index in [1.165, 1.54) is 49.7 Å². The van der Waals surface area contributed by atoms with E-state index in [2.05, 4.69) is 10.5 Å². The van der Waals surface area contributed by atoms with Crippen LogP contribution in [0, 0.1) is 0 Å². The molecule has 1 amide bonds. The number of hydrogen-bond donors (Lipinski definition) is 1. The van der Waals surface area contributed by atoms with Crippen LogP contribution in [0.2, 0.25) is 10.0 Å². The van der Waals surface area contributed by atoms with Gasteiger partial charge < -0.3 is 14.2 Å². The number of ether oxygens (including phenoxy) is 3. The Morgan fingerprint density at radius 3 is 2.16 bits per heavy atom. The zero-order valence-corrected chi connectivity index (χ0v) is 25.7. The van der Waals surface area contributed by atoms with Crippen molar-refractivity contribution < 1.29 is 27.4 Å². The number of anilines is 1. The van der Waals surface area contributed by atoms with Crippen LogP contribution in [0.3, 0.4) is 0 Å². The molecule has 0 aliphatic carbocycles. The maximum absolute atomic E-state index is 13.5. The molecule has 0 atom stereocenters. The van der Waals surface area contributed by atoms with Gasteiger partial charge in [-0.05, 0) is 96.9 Å². The van der Waals surface area contributed by atoms with Crippen LogP contribution in [0.5, 0.6) is 17.2 Å². The largest absolute Gasteiger partial charge is 0.497 e. The van der Waals surface area contributed by atoms with Gasteiger partial charge in [-0.1, -0.05) is 35.3 Å². The van der Waals surface area contributed by atoms with Gasteiger partial charge >= 0.3 is 0 Å². The van der Waals surface area contributed by atoms with E-state index < -0.39 is 22.5 Å². The van der Waals surface area contributed by atoms with E-state index in [9.17, 15) is 13.2 Å². The number of nitrogens with zero attached hydrogens (tertiary/aromatic N) is 2. The third kappa shape index (κ3) is 8.63. The summed E-state index contributed by atoms with van der Waals surface area (Å²) < 4.78 is 44.8. The van der Waals surface area contributed by atoms with Crippen molar-refractivity contribution in [3.63, 3.8) is 0 Å². The minimum Gasteiger partial charge on any atom is -0.497 e. The highest BCUT2D eigenvalue weighted by molar-refractivity contribution is 7.92. The van der Waals surface area contributed by atoms with Gasteiger partial charge in [-0.25, -0.2) is 13.8 Å². The Hall–Kier alpha value is -4.25. The van der Waals surface area contributed by atoms with Crippen molar-refractivity contribution >= 4 is 51.0 Å². The van der Waals surface area contributed by atoms with Crippen molar-refractivity contribution in [1.29, 1.82) is 0 Å². The molecule has 0 fully saturated rings. The Balaban J connectivity index is 1.46. The van der Waals surface area contributed by atoms with Crippen LogP contribution in [0.4, 0.5) is 5.69 Å². The Bertz CT molecular complexity index is 1660. The molecule has 12 heteroatoms. The van der Waals surface area contributed by atoms with Gasteiger partial charge in [-0.3, -0.25) is 9.10 Å². The Morgan fingerprint density at radius 2 is 1.53 bits per heavy atom. The van der Waals surface area contributed by atoms with Crippen molar-refractivity contribution in [3.8, 4) is 17.2 Å². The minimum absolute atomic E-state index is 0.0126. The molecule has 0 saturated carbocycles. The summed E-state index contributed by atoms with van der Waals surface area (Å²) in [5, 5.41) is 5.09. The molecular weight excluding hydrogens is 613 g/mol. The van der Waals surface area contributed by atoms with E-state index in [0.717, 1.165) is 9.87 Å². The summed E-state index contributed by atoms with van der Waals surface area (Å²) in [5.41, 5.74) is 4.23. The van der Waals surface area contributed by atoms with Crippen LogP contribution in [-0.2, 0) is 21.4 Å². The first-order valence-electron chi connectivity index (χ1n) is 13.1. The van der Waals surface area contributed by atoms with Crippen LogP contribution in [0.1, 0.15) is 18.1 Å². The zero-order chi connectivity index (χ0) is 30.8. The van der Waals surface area contributed by atoms with Crippen LogP contribution in [0.25, 0.3) is 0 Å². The van der Waals surface area contributed by atoms with Crippen LogP contribution in [0.15, 0.2) is 101 Å². The lowest BCUT2D eigenvalue weighted by Gasteiger charge is -2.23. The first-order valence-corrected chi connectivity index (χ1v) is 15.3. The zero-order valence-electron chi connectivity index (χ0n) is 23.4. The molecule has 4 aromatic carbocycles. The predicted molar refractivity (Wildman–Crippen MR) is 168 cm³/mol. The summed E-state index contributed by atoms with van der Waals surface area (Å²) in [6.07, 6.45) is 1.42. The van der Waals surface area contributed by atoms with Gasteiger partial charge in [-0.15, -0.1) is 0 Å². The molecule has 0 bridgehead atoms. The fourth-order valence-electron chi connectivity index (χ4n) is 3.88. The summed E-state index contributed by atoms with van der Waals surface area (Å²) in [6, 6.07) is 24.6. The summed E-state index contributed by atoms with van der Waals surface area (Å²) in [7, 11) is -2.64. The van der Waals surface area contributed by atoms with Gasteiger partial charge in [0.05, 0.1) is 30.5 Å². The molecule has 1 N–H and O–H groups in total. The van der Waals surface area contributed by atoms with E-state index in [0.29, 0.717) is 46.1 Å². The third-order valence-electron chi connectivity index (χ3n) is 6.03. The second-order valence-electron chi connectivity index (χ2n) is 9.01. The number of rotatable bonds is 13. The maximum atomic E-state index is 13.5. The molecule has 0 aliphatic rings. The number of benzene rings is 4. The standard InChI is InChI=1S/C31H29Cl2N3O6S/c1-3-41-30-18-23(6-17-29(30)42-21-22-4-7-24(32)8-5-22)19-34-35-31(37)20-36(26-11-9-25(33)10-12-26)43(38,39)28-15-13-27(40-2)14-16-28/h4-19H,3,20-21H2,1-2H3,(H,35,37)/b34-19-. The van der Waals surface area contributed by atoms with Crippen LogP contribution < -0.4 is 23.9 Å². The number of halogens is 2. The Labute approximate surface area is 260 Å². The number of carbonyl (C=O) groups excluding carboxylic acids is 1. The highest BCUT2D eigenvalue weighted by Gasteiger charge is 2.27.